The highest BCUT2D eigenvalue weighted by Crippen LogP contribution is 2.35. The summed E-state index contributed by atoms with van der Waals surface area (Å²) in [7, 11) is 0. The van der Waals surface area contributed by atoms with Gasteiger partial charge in [-0.05, 0) is 79.1 Å². The minimum atomic E-state index is -3.03. The summed E-state index contributed by atoms with van der Waals surface area (Å²) in [5.41, 5.74) is 0.483. The van der Waals surface area contributed by atoms with Gasteiger partial charge in [0.25, 0.3) is 29.7 Å². The molecule has 0 bridgehead atoms. The van der Waals surface area contributed by atoms with Crippen molar-refractivity contribution in [1.29, 1.82) is 5.26 Å². The molecule has 1 aromatic carbocycles. The lowest BCUT2D eigenvalue weighted by atomic mass is 9.85. The Balaban J connectivity index is 1.32. The van der Waals surface area contributed by atoms with Gasteiger partial charge >= 0.3 is 0 Å². The van der Waals surface area contributed by atoms with Crippen LogP contribution in [0.1, 0.15) is 70.0 Å². The summed E-state index contributed by atoms with van der Waals surface area (Å²) >= 11 is 0. The third-order valence-electron chi connectivity index (χ3n) is 8.49. The Bertz CT molecular complexity index is 1790. The zero-order chi connectivity index (χ0) is 33.3. The Labute approximate surface area is 267 Å². The van der Waals surface area contributed by atoms with E-state index >= 15 is 0 Å². The lowest BCUT2D eigenvalue weighted by Crippen LogP contribution is -2.58. The Morgan fingerprint density at radius 3 is 2.49 bits per heavy atom. The van der Waals surface area contributed by atoms with Crippen molar-refractivity contribution in [1.82, 2.24) is 19.8 Å². The molecular formula is C33H32F4N6O4. The number of halogens is 4. The summed E-state index contributed by atoms with van der Waals surface area (Å²) in [6.07, 6.45) is 4.10. The van der Waals surface area contributed by atoms with E-state index in [0.717, 1.165) is 29.8 Å². The molecule has 0 unspecified atom stereocenters. The smallest absolute Gasteiger partial charge is 0.282 e. The van der Waals surface area contributed by atoms with Gasteiger partial charge in [0.05, 0.1) is 24.7 Å². The molecule has 2 N–H and O–H groups in total. The minimum Gasteiger partial charge on any atom is -0.472 e. The van der Waals surface area contributed by atoms with Crippen LogP contribution in [0, 0.1) is 17.2 Å². The lowest BCUT2D eigenvalue weighted by Gasteiger charge is -2.39. The Kier molecular flexibility index (Phi) is 9.01. The molecule has 3 heterocycles. The molecule has 0 spiro atoms. The van der Waals surface area contributed by atoms with Crippen molar-refractivity contribution in [3.05, 3.63) is 75.2 Å². The maximum atomic E-state index is 13.6. The van der Waals surface area contributed by atoms with Crippen LogP contribution in [0.5, 0.6) is 5.88 Å². The highest BCUT2D eigenvalue weighted by molar-refractivity contribution is 6.05. The molecule has 2 aliphatic carbocycles. The highest BCUT2D eigenvalue weighted by atomic mass is 19.3. The summed E-state index contributed by atoms with van der Waals surface area (Å²) in [6, 6.07) is 10.1. The number of ether oxygens (including phenoxy) is 1. The molecule has 2 aromatic heterocycles. The van der Waals surface area contributed by atoms with Crippen molar-refractivity contribution in [3.63, 3.8) is 0 Å². The van der Waals surface area contributed by atoms with Crippen molar-refractivity contribution >= 4 is 17.6 Å². The van der Waals surface area contributed by atoms with E-state index < -0.39 is 49.4 Å². The number of alkyl halides is 4. The molecule has 1 aliphatic heterocycles. The van der Waals surface area contributed by atoms with Crippen molar-refractivity contribution in [2.24, 2.45) is 5.92 Å². The van der Waals surface area contributed by atoms with Crippen LogP contribution in [0.2, 0.25) is 0 Å². The monoisotopic (exact) mass is 652 g/mol. The first kappa shape index (κ1) is 32.2. The second-order valence-electron chi connectivity index (χ2n) is 12.3. The molecule has 3 aliphatic rings. The number of hydrogen-bond donors (Lipinski definition) is 2. The number of benzene rings is 1. The van der Waals surface area contributed by atoms with Crippen LogP contribution in [0.25, 0.3) is 11.1 Å². The number of pyridine rings is 2. The highest BCUT2D eigenvalue weighted by Gasteiger charge is 2.46. The average Bonchev–Trinajstić information content (AvgIpc) is 3.85. The van der Waals surface area contributed by atoms with E-state index in [4.69, 9.17) is 4.74 Å². The van der Waals surface area contributed by atoms with Gasteiger partial charge in [-0.1, -0.05) is 12.5 Å². The molecule has 2 amide bonds. The second-order valence-corrected chi connectivity index (χ2v) is 12.3. The molecule has 246 valence electrons. The molecule has 47 heavy (non-hydrogen) atoms. The second kappa shape index (κ2) is 13.2. The van der Waals surface area contributed by atoms with E-state index in [1.54, 1.807) is 10.8 Å². The molecule has 3 fully saturated rings. The van der Waals surface area contributed by atoms with Gasteiger partial charge in [0.1, 0.15) is 11.4 Å². The summed E-state index contributed by atoms with van der Waals surface area (Å²) in [5, 5.41) is 15.4. The van der Waals surface area contributed by atoms with Gasteiger partial charge in [0.2, 0.25) is 5.88 Å². The standard InChI is InChI=1S/C33H32F4N6O4/c34-27(35)16-47-29-11-22(24-7-4-20(12-38)8-25(24)31(45)42-17-33(36,37)18-42)10-28(40-29)41-30(44)26-9-21(14-39-13-19-2-1-3-19)15-43(32(26)46)23-5-6-23/h4,7-11,15,19,23,27,39H,1-3,5-6,13-14,16-18H2,(H,40,41,44). The topological polar surface area (TPSA) is 129 Å². The number of likely N-dealkylation sites (tertiary alicyclic amines) is 1. The lowest BCUT2D eigenvalue weighted by molar-refractivity contribution is -0.113. The van der Waals surface area contributed by atoms with Gasteiger partial charge < -0.3 is 24.8 Å². The molecule has 2 saturated carbocycles. The molecule has 6 rings (SSSR count). The van der Waals surface area contributed by atoms with Gasteiger partial charge in [0, 0.05) is 30.4 Å². The number of nitriles is 1. The first-order chi connectivity index (χ1) is 22.5. The normalized spacial score (nSPS) is 17.1. The van der Waals surface area contributed by atoms with Crippen molar-refractivity contribution in [3.8, 4) is 23.1 Å². The average molecular weight is 653 g/mol. The van der Waals surface area contributed by atoms with E-state index in [9.17, 15) is 37.2 Å². The van der Waals surface area contributed by atoms with E-state index in [0.29, 0.717) is 12.5 Å². The summed E-state index contributed by atoms with van der Waals surface area (Å²) < 4.78 is 60.0. The van der Waals surface area contributed by atoms with Crippen molar-refractivity contribution < 1.29 is 31.9 Å². The maximum absolute atomic E-state index is 13.6. The number of carbonyl (C=O) groups is 2. The molecule has 0 radical (unpaired) electrons. The number of hydrogen-bond acceptors (Lipinski definition) is 7. The van der Waals surface area contributed by atoms with Gasteiger partial charge in [-0.25, -0.2) is 17.6 Å². The summed E-state index contributed by atoms with van der Waals surface area (Å²) in [4.78, 5) is 45.3. The van der Waals surface area contributed by atoms with Gasteiger partial charge in [-0.15, -0.1) is 0 Å². The van der Waals surface area contributed by atoms with Crippen molar-refractivity contribution in [2.75, 3.05) is 31.6 Å². The van der Waals surface area contributed by atoms with E-state index in [1.807, 2.05) is 6.07 Å². The third kappa shape index (κ3) is 7.46. The van der Waals surface area contributed by atoms with Crippen LogP contribution in [-0.2, 0) is 6.54 Å². The van der Waals surface area contributed by atoms with E-state index in [-0.39, 0.29) is 45.6 Å². The SMILES string of the molecule is N#Cc1ccc(-c2cc(NC(=O)c3cc(CNCC4CCC4)cn(C4CC4)c3=O)nc(OCC(F)F)c2)c(C(=O)N2CC(F)(F)C2)c1. The summed E-state index contributed by atoms with van der Waals surface area (Å²) in [5.74, 6) is -4.44. The number of amides is 2. The first-order valence-electron chi connectivity index (χ1n) is 15.4. The van der Waals surface area contributed by atoms with Crippen LogP contribution in [0.4, 0.5) is 23.4 Å². The quantitative estimate of drug-likeness (QED) is 0.264. The fourth-order valence-electron chi connectivity index (χ4n) is 5.66. The van der Waals surface area contributed by atoms with Crippen LogP contribution in [0.3, 0.4) is 0 Å². The van der Waals surface area contributed by atoms with Crippen LogP contribution in [0.15, 0.2) is 47.4 Å². The fourth-order valence-corrected chi connectivity index (χ4v) is 5.66. The van der Waals surface area contributed by atoms with E-state index in [1.165, 1.54) is 55.7 Å². The molecule has 14 heteroatoms. The minimum absolute atomic E-state index is 0.00451. The number of nitrogens with zero attached hydrogens (tertiary/aromatic N) is 4. The number of nitrogens with one attached hydrogen (secondary N) is 2. The number of carbonyl (C=O) groups excluding carboxylic acids is 2. The van der Waals surface area contributed by atoms with Gasteiger partial charge in [0.15, 0.2) is 6.61 Å². The molecule has 0 atom stereocenters. The molecule has 3 aromatic rings. The third-order valence-corrected chi connectivity index (χ3v) is 8.49. The van der Waals surface area contributed by atoms with Crippen molar-refractivity contribution in [2.45, 2.75) is 57.0 Å². The number of aromatic nitrogens is 2. The summed E-state index contributed by atoms with van der Waals surface area (Å²) in [6.45, 7) is -1.32. The van der Waals surface area contributed by atoms with Gasteiger partial charge in [-0.3, -0.25) is 14.4 Å². The predicted octanol–water partition coefficient (Wildman–Crippen LogP) is 4.99. The fraction of sp³-hybridized carbons (Fsp3) is 0.424. The Morgan fingerprint density at radius 1 is 1.09 bits per heavy atom. The molecular weight excluding hydrogens is 620 g/mol. The van der Waals surface area contributed by atoms with Crippen LogP contribution >= 0.6 is 0 Å². The largest absolute Gasteiger partial charge is 0.472 e. The first-order valence-corrected chi connectivity index (χ1v) is 15.4. The zero-order valence-corrected chi connectivity index (χ0v) is 25.3. The maximum Gasteiger partial charge on any atom is 0.282 e. The zero-order valence-electron chi connectivity index (χ0n) is 25.3. The predicted molar refractivity (Wildman–Crippen MR) is 163 cm³/mol. The van der Waals surface area contributed by atoms with Gasteiger partial charge in [-0.2, -0.15) is 10.2 Å². The molecule has 10 nitrogen and oxygen atoms in total. The number of rotatable bonds is 12. The Morgan fingerprint density at radius 2 is 1.85 bits per heavy atom. The Hall–Kier alpha value is -4.77. The van der Waals surface area contributed by atoms with Crippen LogP contribution in [-0.4, -0.2) is 64.9 Å². The van der Waals surface area contributed by atoms with Crippen LogP contribution < -0.4 is 20.9 Å². The molecule has 1 saturated heterocycles. The van der Waals surface area contributed by atoms with E-state index in [2.05, 4.69) is 15.6 Å². The number of anilines is 1.